The molecule has 8 atom stereocenters. The van der Waals surface area contributed by atoms with E-state index in [2.05, 4.69) is 13.5 Å². The highest BCUT2D eigenvalue weighted by Gasteiger charge is 2.70. The van der Waals surface area contributed by atoms with Gasteiger partial charge < -0.3 is 14.9 Å². The van der Waals surface area contributed by atoms with Crippen molar-refractivity contribution < 1.29 is 19.7 Å². The second-order valence-electron chi connectivity index (χ2n) is 9.69. The van der Waals surface area contributed by atoms with Crippen LogP contribution in [0, 0.1) is 34.0 Å². The molecule has 4 aliphatic carbocycles. The second kappa shape index (κ2) is 5.32. The van der Waals surface area contributed by atoms with E-state index in [1.807, 2.05) is 6.92 Å². The lowest BCUT2D eigenvalue weighted by molar-refractivity contribution is -0.226. The summed E-state index contributed by atoms with van der Waals surface area (Å²) < 4.78 is 5.17. The van der Waals surface area contributed by atoms with Crippen molar-refractivity contribution >= 4 is 5.97 Å². The standard InChI is InChI=1S/C21H32O4/c1-12-13-6-7-14-19(2)8-5-9-20(3,18(24)25-4)15(19)10-16(22)21(14,11-13)17(12)23/h13-17,22-23H,1,5-11H2,2-4H3. The number of aliphatic hydroxyl groups is 2. The van der Waals surface area contributed by atoms with Crippen LogP contribution in [0.25, 0.3) is 0 Å². The summed E-state index contributed by atoms with van der Waals surface area (Å²) in [6.07, 6.45) is 5.21. The topological polar surface area (TPSA) is 66.8 Å². The Labute approximate surface area is 150 Å². The van der Waals surface area contributed by atoms with Crippen molar-refractivity contribution in [3.8, 4) is 0 Å². The molecule has 0 aromatic rings. The van der Waals surface area contributed by atoms with Crippen molar-refractivity contribution in [3.05, 3.63) is 12.2 Å². The smallest absolute Gasteiger partial charge is 0.311 e. The summed E-state index contributed by atoms with van der Waals surface area (Å²) in [5, 5.41) is 22.3. The van der Waals surface area contributed by atoms with Crippen LogP contribution in [0.4, 0.5) is 0 Å². The third-order valence-electron chi connectivity index (χ3n) is 8.94. The number of carbonyl (C=O) groups is 1. The molecular formula is C21H32O4. The zero-order valence-electron chi connectivity index (χ0n) is 15.8. The molecule has 0 radical (unpaired) electrons. The van der Waals surface area contributed by atoms with E-state index in [0.717, 1.165) is 44.1 Å². The Morgan fingerprint density at radius 2 is 1.92 bits per heavy atom. The zero-order chi connectivity index (χ0) is 18.2. The molecule has 0 amide bonds. The average molecular weight is 348 g/mol. The fraction of sp³-hybridized carbons (Fsp3) is 0.857. The minimum atomic E-state index is -0.607. The first kappa shape index (κ1) is 17.5. The van der Waals surface area contributed by atoms with E-state index < -0.39 is 23.0 Å². The highest BCUT2D eigenvalue weighted by atomic mass is 16.5. The molecule has 4 heteroatoms. The van der Waals surface area contributed by atoms with Crippen molar-refractivity contribution in [1.29, 1.82) is 0 Å². The van der Waals surface area contributed by atoms with Crippen molar-refractivity contribution in [2.24, 2.45) is 34.0 Å². The molecule has 0 saturated heterocycles. The maximum absolute atomic E-state index is 12.7. The average Bonchev–Trinajstić information content (AvgIpc) is 2.78. The molecule has 140 valence electrons. The van der Waals surface area contributed by atoms with Gasteiger partial charge in [0.1, 0.15) is 0 Å². The predicted molar refractivity (Wildman–Crippen MR) is 94.6 cm³/mol. The van der Waals surface area contributed by atoms with Gasteiger partial charge in [-0.3, -0.25) is 4.79 Å². The molecule has 4 nitrogen and oxygen atoms in total. The Kier molecular flexibility index (Phi) is 3.73. The van der Waals surface area contributed by atoms with Gasteiger partial charge in [-0.15, -0.1) is 0 Å². The van der Waals surface area contributed by atoms with Gasteiger partial charge in [-0.2, -0.15) is 0 Å². The fourth-order valence-corrected chi connectivity index (χ4v) is 7.77. The van der Waals surface area contributed by atoms with Crippen LogP contribution >= 0.6 is 0 Å². The minimum Gasteiger partial charge on any atom is -0.469 e. The summed E-state index contributed by atoms with van der Waals surface area (Å²) in [6, 6.07) is 0. The Morgan fingerprint density at radius 3 is 2.60 bits per heavy atom. The summed E-state index contributed by atoms with van der Waals surface area (Å²) in [7, 11) is 1.47. The third kappa shape index (κ3) is 1.93. The van der Waals surface area contributed by atoms with Crippen LogP contribution < -0.4 is 0 Å². The summed E-state index contributed by atoms with van der Waals surface area (Å²) in [5.41, 5.74) is -0.117. The van der Waals surface area contributed by atoms with E-state index in [0.29, 0.717) is 12.3 Å². The van der Waals surface area contributed by atoms with Gasteiger partial charge in [-0.25, -0.2) is 0 Å². The fourth-order valence-electron chi connectivity index (χ4n) is 7.77. The number of esters is 1. The number of hydrogen-bond donors (Lipinski definition) is 2. The SMILES string of the molecule is C=C1C2CCC3C4(C)CCCC(C)(C(=O)OC)C4CC(O)C3(C2)C1O. The maximum atomic E-state index is 12.7. The van der Waals surface area contributed by atoms with Crippen LogP contribution in [0.2, 0.25) is 0 Å². The number of carbonyl (C=O) groups excluding carboxylic acids is 1. The number of ether oxygens (including phenoxy) is 1. The summed E-state index contributed by atoms with van der Waals surface area (Å²) in [4.78, 5) is 12.7. The van der Waals surface area contributed by atoms with Gasteiger partial charge in [0, 0.05) is 5.41 Å². The maximum Gasteiger partial charge on any atom is 0.311 e. The molecule has 1 spiro atoms. The first-order chi connectivity index (χ1) is 11.7. The molecule has 4 saturated carbocycles. The Bertz CT molecular complexity index is 615. The lowest BCUT2D eigenvalue weighted by Crippen LogP contribution is -2.65. The van der Waals surface area contributed by atoms with Gasteiger partial charge >= 0.3 is 5.97 Å². The molecule has 25 heavy (non-hydrogen) atoms. The monoisotopic (exact) mass is 348 g/mol. The summed E-state index contributed by atoms with van der Waals surface area (Å²) in [5.74, 6) is 0.543. The second-order valence-corrected chi connectivity index (χ2v) is 9.69. The number of rotatable bonds is 1. The van der Waals surface area contributed by atoms with Crippen molar-refractivity contribution in [3.63, 3.8) is 0 Å². The number of fused-ring (bicyclic) bond motifs is 3. The molecule has 2 N–H and O–H groups in total. The van der Waals surface area contributed by atoms with Crippen molar-refractivity contribution in [2.75, 3.05) is 7.11 Å². The van der Waals surface area contributed by atoms with Crippen molar-refractivity contribution in [2.45, 2.75) is 71.0 Å². The molecule has 4 fully saturated rings. The number of hydrogen-bond acceptors (Lipinski definition) is 4. The highest BCUT2D eigenvalue weighted by molar-refractivity contribution is 5.77. The van der Waals surface area contributed by atoms with Gasteiger partial charge in [0.15, 0.2) is 0 Å². The quantitative estimate of drug-likeness (QED) is 0.564. The largest absolute Gasteiger partial charge is 0.469 e. The highest BCUT2D eigenvalue weighted by Crippen LogP contribution is 2.72. The van der Waals surface area contributed by atoms with E-state index in [1.165, 1.54) is 7.11 Å². The zero-order valence-corrected chi connectivity index (χ0v) is 15.8. The van der Waals surface area contributed by atoms with Crippen LogP contribution in [0.1, 0.15) is 58.8 Å². The van der Waals surface area contributed by atoms with Crippen molar-refractivity contribution in [1.82, 2.24) is 0 Å². The molecule has 8 unspecified atom stereocenters. The molecule has 0 aromatic heterocycles. The lowest BCUT2D eigenvalue weighted by Gasteiger charge is -2.65. The van der Waals surface area contributed by atoms with Crippen LogP contribution in [0.15, 0.2) is 12.2 Å². The van der Waals surface area contributed by atoms with Crippen LogP contribution in [-0.4, -0.2) is 35.5 Å². The molecule has 4 rings (SSSR count). The van der Waals surface area contributed by atoms with Gasteiger partial charge in [-0.1, -0.05) is 19.9 Å². The molecular weight excluding hydrogens is 316 g/mol. The Balaban J connectivity index is 1.81. The molecule has 0 aromatic carbocycles. The van der Waals surface area contributed by atoms with E-state index in [9.17, 15) is 15.0 Å². The summed E-state index contributed by atoms with van der Waals surface area (Å²) >= 11 is 0. The molecule has 0 heterocycles. The van der Waals surface area contributed by atoms with Gasteiger partial charge in [0.25, 0.3) is 0 Å². The third-order valence-corrected chi connectivity index (χ3v) is 8.94. The van der Waals surface area contributed by atoms with E-state index in [-0.39, 0.29) is 23.2 Å². The first-order valence-electron chi connectivity index (χ1n) is 9.85. The van der Waals surface area contributed by atoms with Gasteiger partial charge in [0.2, 0.25) is 0 Å². The Hall–Kier alpha value is -0.870. The van der Waals surface area contributed by atoms with Crippen LogP contribution in [-0.2, 0) is 9.53 Å². The van der Waals surface area contributed by atoms with Crippen LogP contribution in [0.5, 0.6) is 0 Å². The van der Waals surface area contributed by atoms with Gasteiger partial charge in [-0.05, 0) is 74.2 Å². The van der Waals surface area contributed by atoms with Crippen LogP contribution in [0.3, 0.4) is 0 Å². The Morgan fingerprint density at radius 1 is 1.20 bits per heavy atom. The minimum absolute atomic E-state index is 0.0447. The lowest BCUT2D eigenvalue weighted by atomic mass is 9.40. The molecule has 4 aliphatic rings. The molecule has 2 bridgehead atoms. The normalized spacial score (nSPS) is 54.6. The first-order valence-corrected chi connectivity index (χ1v) is 9.85. The van der Waals surface area contributed by atoms with Gasteiger partial charge in [0.05, 0.1) is 24.7 Å². The van der Waals surface area contributed by atoms with E-state index >= 15 is 0 Å². The predicted octanol–water partition coefficient (Wildman–Crippen LogP) is 3.07. The van der Waals surface area contributed by atoms with E-state index in [1.54, 1.807) is 0 Å². The number of methoxy groups -OCH3 is 1. The molecule has 0 aliphatic heterocycles. The number of aliphatic hydroxyl groups excluding tert-OH is 2. The summed E-state index contributed by atoms with van der Waals surface area (Å²) in [6.45, 7) is 8.50. The van der Waals surface area contributed by atoms with E-state index in [4.69, 9.17) is 4.74 Å².